The lowest BCUT2D eigenvalue weighted by atomic mass is 9.89. The molecule has 2 fully saturated rings. The number of aliphatic hydroxyl groups is 1. The average molecular weight is 293 g/mol. The van der Waals surface area contributed by atoms with Gasteiger partial charge in [0.1, 0.15) is 0 Å². The van der Waals surface area contributed by atoms with Gasteiger partial charge in [-0.1, -0.05) is 32.0 Å². The minimum atomic E-state index is -2.54. The maximum atomic E-state index is 13.2. The molecule has 3 rings (SSSR count). The van der Waals surface area contributed by atoms with E-state index in [0.717, 1.165) is 11.3 Å². The molecule has 0 saturated heterocycles. The van der Waals surface area contributed by atoms with Crippen LogP contribution in [0.25, 0.3) is 0 Å². The van der Waals surface area contributed by atoms with Crippen LogP contribution in [0.3, 0.4) is 0 Å². The summed E-state index contributed by atoms with van der Waals surface area (Å²) in [4.78, 5) is 0.730. The molecule has 1 aromatic carbocycles. The van der Waals surface area contributed by atoms with Gasteiger partial charge in [0, 0.05) is 11.9 Å². The molecule has 1 aromatic rings. The molecule has 20 heavy (non-hydrogen) atoms. The van der Waals surface area contributed by atoms with Crippen molar-refractivity contribution in [3.05, 3.63) is 30.3 Å². The van der Waals surface area contributed by atoms with E-state index >= 15 is 0 Å². The van der Waals surface area contributed by atoms with Crippen LogP contribution in [-0.4, -0.2) is 27.7 Å². The largest absolute Gasteiger partial charge is 0.389 e. The number of rotatable bonds is 3. The molecular weight excluding hydrogens is 270 g/mol. The van der Waals surface area contributed by atoms with Crippen LogP contribution in [0.15, 0.2) is 39.6 Å². The van der Waals surface area contributed by atoms with Crippen molar-refractivity contribution in [1.29, 1.82) is 0 Å². The standard InChI is InChI=1S/C16H23NO2S/c1-12-14-9-15(14,2)10-16(12,18)11-20(19,17-3)13-7-5-4-6-8-13/h4-8,12,14,18H,9-11H2,1-3H3/t12-,14+,15-,16-,20?/m0/s1. The monoisotopic (exact) mass is 293 g/mol. The van der Waals surface area contributed by atoms with E-state index in [2.05, 4.69) is 18.2 Å². The fourth-order valence-corrected chi connectivity index (χ4v) is 6.20. The summed E-state index contributed by atoms with van der Waals surface area (Å²) in [6, 6.07) is 9.35. The Morgan fingerprint density at radius 3 is 2.55 bits per heavy atom. The van der Waals surface area contributed by atoms with Crippen molar-refractivity contribution in [1.82, 2.24) is 0 Å². The van der Waals surface area contributed by atoms with Crippen molar-refractivity contribution in [2.45, 2.75) is 37.2 Å². The van der Waals surface area contributed by atoms with Gasteiger partial charge in [-0.25, -0.2) is 8.57 Å². The second-order valence-electron chi connectivity index (χ2n) is 6.81. The summed E-state index contributed by atoms with van der Waals surface area (Å²) in [6.07, 6.45) is 1.96. The number of hydrogen-bond acceptors (Lipinski definition) is 3. The summed E-state index contributed by atoms with van der Waals surface area (Å²) >= 11 is 0. The maximum Gasteiger partial charge on any atom is 0.0808 e. The van der Waals surface area contributed by atoms with E-state index in [1.165, 1.54) is 6.42 Å². The molecule has 0 bridgehead atoms. The SMILES string of the molecule is CN=S(=O)(C[C@@]1(O)C[C@]2(C)C[C@@H]2[C@@H]1C)c1ccccc1. The third kappa shape index (κ3) is 2.01. The third-order valence-electron chi connectivity index (χ3n) is 5.43. The molecule has 0 amide bonds. The maximum absolute atomic E-state index is 13.2. The Labute approximate surface area is 121 Å². The van der Waals surface area contributed by atoms with Crippen molar-refractivity contribution in [3.63, 3.8) is 0 Å². The Hall–Kier alpha value is -0.870. The minimum Gasteiger partial charge on any atom is -0.389 e. The molecule has 5 atom stereocenters. The van der Waals surface area contributed by atoms with Gasteiger partial charge in [0.2, 0.25) is 0 Å². The van der Waals surface area contributed by atoms with E-state index in [-0.39, 0.29) is 17.1 Å². The second-order valence-corrected chi connectivity index (χ2v) is 9.22. The summed E-state index contributed by atoms with van der Waals surface area (Å²) < 4.78 is 17.3. The van der Waals surface area contributed by atoms with Crippen LogP contribution in [0.5, 0.6) is 0 Å². The highest BCUT2D eigenvalue weighted by Gasteiger charge is 2.66. The van der Waals surface area contributed by atoms with Gasteiger partial charge in [-0.3, -0.25) is 0 Å². The van der Waals surface area contributed by atoms with Crippen LogP contribution >= 0.6 is 0 Å². The van der Waals surface area contributed by atoms with Gasteiger partial charge in [0.25, 0.3) is 0 Å². The van der Waals surface area contributed by atoms with E-state index in [0.29, 0.717) is 5.92 Å². The molecular formula is C16H23NO2S. The molecule has 1 unspecified atom stereocenters. The first-order chi connectivity index (χ1) is 9.33. The lowest BCUT2D eigenvalue weighted by Crippen LogP contribution is -2.41. The molecule has 2 aliphatic carbocycles. The number of fused-ring (bicyclic) bond motifs is 1. The molecule has 3 nitrogen and oxygen atoms in total. The zero-order valence-electron chi connectivity index (χ0n) is 12.4. The smallest absolute Gasteiger partial charge is 0.0808 e. The molecule has 1 N–H and O–H groups in total. The third-order valence-corrected chi connectivity index (χ3v) is 7.92. The molecule has 2 aliphatic rings. The van der Waals surface area contributed by atoms with Crippen LogP contribution in [0.1, 0.15) is 26.7 Å². The molecule has 110 valence electrons. The Balaban J connectivity index is 1.92. The van der Waals surface area contributed by atoms with Crippen LogP contribution < -0.4 is 0 Å². The van der Waals surface area contributed by atoms with Gasteiger partial charge in [0.05, 0.1) is 21.1 Å². The van der Waals surface area contributed by atoms with Gasteiger partial charge in [-0.2, -0.15) is 0 Å². The Morgan fingerprint density at radius 1 is 1.40 bits per heavy atom. The summed E-state index contributed by atoms with van der Waals surface area (Å²) in [6.45, 7) is 4.34. The fraction of sp³-hybridized carbons (Fsp3) is 0.625. The molecule has 0 aliphatic heterocycles. The van der Waals surface area contributed by atoms with Crippen molar-refractivity contribution in [3.8, 4) is 0 Å². The molecule has 0 heterocycles. The predicted molar refractivity (Wildman–Crippen MR) is 81.0 cm³/mol. The summed E-state index contributed by atoms with van der Waals surface area (Å²) in [5.74, 6) is 1.05. The summed E-state index contributed by atoms with van der Waals surface area (Å²) in [7, 11) is -0.937. The summed E-state index contributed by atoms with van der Waals surface area (Å²) in [5, 5.41) is 11.0. The number of benzene rings is 1. The normalized spacial score (nSPS) is 41.8. The lowest BCUT2D eigenvalue weighted by Gasteiger charge is -2.32. The predicted octanol–water partition coefficient (Wildman–Crippen LogP) is 2.94. The van der Waals surface area contributed by atoms with Crippen molar-refractivity contribution in [2.24, 2.45) is 21.6 Å². The first-order valence-corrected chi connectivity index (χ1v) is 8.92. The van der Waals surface area contributed by atoms with Crippen molar-refractivity contribution in [2.75, 3.05) is 12.8 Å². The zero-order valence-corrected chi connectivity index (χ0v) is 13.2. The van der Waals surface area contributed by atoms with Gasteiger partial charge < -0.3 is 5.11 Å². The van der Waals surface area contributed by atoms with Crippen LogP contribution in [0.2, 0.25) is 0 Å². The van der Waals surface area contributed by atoms with Crippen LogP contribution in [0.4, 0.5) is 0 Å². The van der Waals surface area contributed by atoms with E-state index in [9.17, 15) is 9.32 Å². The van der Waals surface area contributed by atoms with Crippen molar-refractivity contribution >= 4 is 9.73 Å². The Kier molecular flexibility index (Phi) is 3.04. The molecule has 0 aromatic heterocycles. The van der Waals surface area contributed by atoms with E-state index in [1.807, 2.05) is 30.3 Å². The van der Waals surface area contributed by atoms with E-state index in [1.54, 1.807) is 7.05 Å². The first kappa shape index (κ1) is 14.1. The first-order valence-electron chi connectivity index (χ1n) is 7.23. The fourth-order valence-electron chi connectivity index (χ4n) is 4.07. The minimum absolute atomic E-state index is 0.207. The topological polar surface area (TPSA) is 49.7 Å². The van der Waals surface area contributed by atoms with Crippen molar-refractivity contribution < 1.29 is 9.32 Å². The quantitative estimate of drug-likeness (QED) is 0.931. The van der Waals surface area contributed by atoms with Gasteiger partial charge >= 0.3 is 0 Å². The van der Waals surface area contributed by atoms with Gasteiger partial charge in [-0.15, -0.1) is 0 Å². The molecule has 2 saturated carbocycles. The highest BCUT2D eigenvalue weighted by Crippen LogP contribution is 2.69. The highest BCUT2D eigenvalue weighted by molar-refractivity contribution is 7.93. The number of nitrogens with zero attached hydrogens (tertiary/aromatic N) is 1. The summed E-state index contributed by atoms with van der Waals surface area (Å²) in [5.41, 5.74) is -0.580. The zero-order chi connectivity index (χ0) is 14.6. The lowest BCUT2D eigenvalue weighted by molar-refractivity contribution is 0.0127. The van der Waals surface area contributed by atoms with Crippen LogP contribution in [0, 0.1) is 17.3 Å². The Bertz CT molecular complexity index is 635. The van der Waals surface area contributed by atoms with Gasteiger partial charge in [-0.05, 0) is 42.2 Å². The molecule has 0 radical (unpaired) electrons. The highest BCUT2D eigenvalue weighted by atomic mass is 32.2. The Morgan fingerprint density at radius 2 is 2.05 bits per heavy atom. The number of hydrogen-bond donors (Lipinski definition) is 1. The molecule has 0 spiro atoms. The van der Waals surface area contributed by atoms with Crippen LogP contribution in [-0.2, 0) is 9.73 Å². The van der Waals surface area contributed by atoms with E-state index < -0.39 is 15.3 Å². The molecule has 4 heteroatoms. The van der Waals surface area contributed by atoms with E-state index in [4.69, 9.17) is 0 Å². The van der Waals surface area contributed by atoms with Gasteiger partial charge in [0.15, 0.2) is 0 Å². The average Bonchev–Trinajstić information content (AvgIpc) is 3.04. The second kappa shape index (κ2) is 4.31.